The number of rotatable bonds is 10. The number of methoxy groups -OCH3 is 2. The molecule has 22 heavy (non-hydrogen) atoms. The number of aryl methyl sites for hydroxylation is 1. The molecular weight excluding hydrogens is 290 g/mol. The lowest BCUT2D eigenvalue weighted by Gasteiger charge is -2.22. The van der Waals surface area contributed by atoms with E-state index >= 15 is 0 Å². The second-order valence-electron chi connectivity index (χ2n) is 4.92. The number of hydrogen-bond acceptors (Lipinski definition) is 5. The summed E-state index contributed by atoms with van der Waals surface area (Å²) in [6.45, 7) is 3.61. The van der Waals surface area contributed by atoms with Crippen LogP contribution in [0.15, 0.2) is 10.7 Å². The van der Waals surface area contributed by atoms with E-state index in [-0.39, 0.29) is 18.1 Å². The quantitative estimate of drug-likeness (QED) is 0.656. The van der Waals surface area contributed by atoms with Crippen molar-refractivity contribution in [1.82, 2.24) is 4.90 Å². The van der Waals surface area contributed by atoms with Gasteiger partial charge in [0.25, 0.3) is 5.91 Å². The van der Waals surface area contributed by atoms with Crippen LogP contribution in [0.25, 0.3) is 0 Å². The van der Waals surface area contributed by atoms with Gasteiger partial charge in [-0.15, -0.1) is 0 Å². The van der Waals surface area contributed by atoms with Gasteiger partial charge in [0.1, 0.15) is 12.2 Å². The summed E-state index contributed by atoms with van der Waals surface area (Å²) in [7, 11) is 3.17. The predicted molar refractivity (Wildman–Crippen MR) is 79.1 cm³/mol. The Morgan fingerprint density at radius 1 is 1.23 bits per heavy atom. The fourth-order valence-corrected chi connectivity index (χ4v) is 2.13. The first-order chi connectivity index (χ1) is 10.5. The third-order valence-electron chi connectivity index (χ3n) is 3.21. The largest absolute Gasteiger partial charge is 0.481 e. The molecule has 0 unspecified atom stereocenters. The zero-order chi connectivity index (χ0) is 16.5. The number of amides is 1. The van der Waals surface area contributed by atoms with E-state index in [1.165, 1.54) is 6.26 Å². The van der Waals surface area contributed by atoms with Gasteiger partial charge in [0.15, 0.2) is 0 Å². The monoisotopic (exact) mass is 313 g/mol. The Morgan fingerprint density at radius 2 is 1.91 bits per heavy atom. The molecule has 0 aliphatic heterocycles. The molecule has 7 nitrogen and oxygen atoms in total. The zero-order valence-corrected chi connectivity index (χ0v) is 13.3. The molecule has 0 saturated carbocycles. The molecule has 1 amide bonds. The first-order valence-electron chi connectivity index (χ1n) is 7.07. The topological polar surface area (TPSA) is 89.2 Å². The second-order valence-corrected chi connectivity index (χ2v) is 4.92. The van der Waals surface area contributed by atoms with Crippen LogP contribution in [-0.4, -0.2) is 62.4 Å². The van der Waals surface area contributed by atoms with E-state index in [0.717, 1.165) is 0 Å². The van der Waals surface area contributed by atoms with E-state index in [0.29, 0.717) is 43.9 Å². The summed E-state index contributed by atoms with van der Waals surface area (Å²) in [5, 5.41) is 8.91. The lowest BCUT2D eigenvalue weighted by Crippen LogP contribution is -2.36. The highest BCUT2D eigenvalue weighted by Crippen LogP contribution is 2.20. The Balaban J connectivity index is 2.91. The molecule has 1 aromatic rings. The van der Waals surface area contributed by atoms with Crippen molar-refractivity contribution in [2.45, 2.75) is 19.8 Å². The standard InChI is InChI=1S/C15H23NO6/c1-11-10-22-12(9-13(17)18)14(11)15(19)16(6-8-21-3)5-4-7-20-2/h10H,4-9H2,1-3H3,(H,17,18). The second kappa shape index (κ2) is 9.22. The van der Waals surface area contributed by atoms with Gasteiger partial charge < -0.3 is 23.9 Å². The van der Waals surface area contributed by atoms with Crippen LogP contribution in [0, 0.1) is 6.92 Å². The number of nitrogens with zero attached hydrogens (tertiary/aromatic N) is 1. The average molecular weight is 313 g/mol. The highest BCUT2D eigenvalue weighted by molar-refractivity contribution is 5.97. The average Bonchev–Trinajstić information content (AvgIpc) is 2.82. The van der Waals surface area contributed by atoms with Gasteiger partial charge in [-0.2, -0.15) is 0 Å². The molecule has 0 saturated heterocycles. The normalized spacial score (nSPS) is 10.7. The highest BCUT2D eigenvalue weighted by atomic mass is 16.5. The van der Waals surface area contributed by atoms with Crippen LogP contribution < -0.4 is 0 Å². The van der Waals surface area contributed by atoms with Crippen molar-refractivity contribution in [2.24, 2.45) is 0 Å². The van der Waals surface area contributed by atoms with E-state index in [2.05, 4.69) is 0 Å². The van der Waals surface area contributed by atoms with Gasteiger partial charge in [-0.1, -0.05) is 0 Å². The van der Waals surface area contributed by atoms with Crippen LogP contribution in [0.2, 0.25) is 0 Å². The molecule has 1 heterocycles. The van der Waals surface area contributed by atoms with E-state index in [1.807, 2.05) is 0 Å². The van der Waals surface area contributed by atoms with Gasteiger partial charge in [0.05, 0.1) is 18.4 Å². The van der Waals surface area contributed by atoms with Gasteiger partial charge in [0.2, 0.25) is 0 Å². The molecule has 0 atom stereocenters. The van der Waals surface area contributed by atoms with Gasteiger partial charge in [0, 0.05) is 39.5 Å². The zero-order valence-electron chi connectivity index (χ0n) is 13.3. The summed E-state index contributed by atoms with van der Waals surface area (Å²) in [5.74, 6) is -1.09. The summed E-state index contributed by atoms with van der Waals surface area (Å²) in [6, 6.07) is 0. The molecule has 1 rings (SSSR count). The van der Waals surface area contributed by atoms with Crippen molar-refractivity contribution in [3.63, 3.8) is 0 Å². The summed E-state index contributed by atoms with van der Waals surface area (Å²) < 4.78 is 15.3. The fourth-order valence-electron chi connectivity index (χ4n) is 2.13. The van der Waals surface area contributed by atoms with Gasteiger partial charge in [-0.05, 0) is 13.3 Å². The molecule has 1 aromatic heterocycles. The maximum Gasteiger partial charge on any atom is 0.311 e. The van der Waals surface area contributed by atoms with Gasteiger partial charge in [-0.3, -0.25) is 9.59 Å². The minimum atomic E-state index is -1.04. The van der Waals surface area contributed by atoms with E-state index < -0.39 is 5.97 Å². The van der Waals surface area contributed by atoms with Crippen molar-refractivity contribution in [2.75, 3.05) is 40.5 Å². The molecule has 1 N–H and O–H groups in total. The number of aliphatic carboxylic acids is 1. The third kappa shape index (κ3) is 5.16. The minimum absolute atomic E-state index is 0.184. The molecule has 0 aliphatic rings. The van der Waals surface area contributed by atoms with E-state index in [9.17, 15) is 9.59 Å². The SMILES string of the molecule is COCCCN(CCOC)C(=O)c1c(C)coc1CC(=O)O. The van der Waals surface area contributed by atoms with Crippen LogP contribution in [0.3, 0.4) is 0 Å². The summed E-state index contributed by atoms with van der Waals surface area (Å²) in [4.78, 5) is 25.2. The Morgan fingerprint density at radius 3 is 2.50 bits per heavy atom. The molecule has 0 aromatic carbocycles. The number of ether oxygens (including phenoxy) is 2. The van der Waals surface area contributed by atoms with Crippen molar-refractivity contribution in [3.05, 3.63) is 23.2 Å². The Kier molecular flexibility index (Phi) is 7.62. The number of hydrogen-bond donors (Lipinski definition) is 1. The van der Waals surface area contributed by atoms with Crippen LogP contribution in [0.1, 0.15) is 28.1 Å². The first-order valence-corrected chi connectivity index (χ1v) is 7.07. The van der Waals surface area contributed by atoms with Crippen molar-refractivity contribution in [3.8, 4) is 0 Å². The van der Waals surface area contributed by atoms with Gasteiger partial charge >= 0.3 is 5.97 Å². The van der Waals surface area contributed by atoms with Crippen molar-refractivity contribution in [1.29, 1.82) is 0 Å². The van der Waals surface area contributed by atoms with Crippen molar-refractivity contribution >= 4 is 11.9 Å². The van der Waals surface area contributed by atoms with E-state index in [1.54, 1.807) is 26.0 Å². The number of carboxylic acid groups (broad SMARTS) is 1. The summed E-state index contributed by atoms with van der Waals surface area (Å²) in [5.41, 5.74) is 0.964. The molecule has 0 fully saturated rings. The smallest absolute Gasteiger partial charge is 0.311 e. The van der Waals surface area contributed by atoms with Crippen LogP contribution in [-0.2, 0) is 20.7 Å². The molecule has 0 bridgehead atoms. The lowest BCUT2D eigenvalue weighted by atomic mass is 10.1. The molecular formula is C15H23NO6. The van der Waals surface area contributed by atoms with E-state index in [4.69, 9.17) is 19.0 Å². The first kappa shape index (κ1) is 18.2. The Hall–Kier alpha value is -1.86. The maximum atomic E-state index is 12.7. The number of carbonyl (C=O) groups excluding carboxylic acids is 1. The molecule has 0 spiro atoms. The number of carboxylic acids is 1. The number of carbonyl (C=O) groups is 2. The Bertz CT molecular complexity index is 496. The Labute approximate surface area is 129 Å². The lowest BCUT2D eigenvalue weighted by molar-refractivity contribution is -0.136. The third-order valence-corrected chi connectivity index (χ3v) is 3.21. The van der Waals surface area contributed by atoms with Crippen LogP contribution in [0.5, 0.6) is 0 Å². The molecule has 7 heteroatoms. The molecule has 124 valence electrons. The fraction of sp³-hybridized carbons (Fsp3) is 0.600. The van der Waals surface area contributed by atoms with Crippen LogP contribution in [0.4, 0.5) is 0 Å². The summed E-state index contributed by atoms with van der Waals surface area (Å²) >= 11 is 0. The number of furan rings is 1. The minimum Gasteiger partial charge on any atom is -0.481 e. The molecule has 0 radical (unpaired) electrons. The van der Waals surface area contributed by atoms with Gasteiger partial charge in [-0.25, -0.2) is 0 Å². The maximum absolute atomic E-state index is 12.7. The molecule has 0 aliphatic carbocycles. The van der Waals surface area contributed by atoms with Crippen molar-refractivity contribution < 1.29 is 28.6 Å². The van der Waals surface area contributed by atoms with Crippen LogP contribution >= 0.6 is 0 Å². The summed E-state index contributed by atoms with van der Waals surface area (Å²) in [6.07, 6.45) is 1.79. The highest BCUT2D eigenvalue weighted by Gasteiger charge is 2.24. The predicted octanol–water partition coefficient (Wildman–Crippen LogP) is 1.34.